The average molecular weight is 739 g/mol. The third-order valence-electron chi connectivity index (χ3n) is 6.77. The molecule has 0 radical (unpaired) electrons. The minimum atomic E-state index is -4.76. The van der Waals surface area contributed by atoms with E-state index in [1.807, 2.05) is 6.92 Å². The molecule has 5 aromatic rings. The number of phenols is 2. The predicted octanol–water partition coefficient (Wildman–Crippen LogP) is 4.93. The van der Waals surface area contributed by atoms with Gasteiger partial charge in [0.1, 0.15) is 22.9 Å². The highest BCUT2D eigenvalue weighted by molar-refractivity contribution is 7.85. The van der Waals surface area contributed by atoms with Gasteiger partial charge in [-0.3, -0.25) is 19.0 Å². The average Bonchev–Trinajstić information content (AvgIpc) is 3.05. The number of azo groups is 1. The van der Waals surface area contributed by atoms with Gasteiger partial charge >= 0.3 is 12.0 Å². The molecule has 19 nitrogen and oxygen atoms in total. The fourth-order valence-corrected chi connectivity index (χ4v) is 5.29. The number of carboxylic acids is 1. The first-order valence-electron chi connectivity index (χ1n) is 14.6. The summed E-state index contributed by atoms with van der Waals surface area (Å²) in [6, 6.07) is 15.2. The van der Waals surface area contributed by atoms with Crippen LogP contribution in [-0.2, 0) is 26.2 Å². The SMILES string of the molecule is Cc1ccc(Oc2nc(NNCCCC(=O)O)nc(Nc3cc(S(=O)(=O)O)cc4ccc(N=Nc5cc(NS(=O)[O-])ccc5O)c(O)c34)n2)cc1. The Labute approximate surface area is 291 Å². The maximum absolute atomic E-state index is 12.2. The van der Waals surface area contributed by atoms with Gasteiger partial charge in [0.05, 0.1) is 10.6 Å². The Kier molecular flexibility index (Phi) is 11.2. The van der Waals surface area contributed by atoms with Gasteiger partial charge in [0.2, 0.25) is 11.9 Å². The number of phenolic OH excluding ortho intramolecular Hbond substituents is 2. The Bertz CT molecular complexity index is 2260. The van der Waals surface area contributed by atoms with Crippen molar-refractivity contribution < 1.29 is 46.6 Å². The van der Waals surface area contributed by atoms with Crippen molar-refractivity contribution in [3.8, 4) is 23.3 Å². The number of ether oxygens (including phenoxy) is 1. The number of hydrogen-bond acceptors (Lipinski definition) is 16. The molecule has 1 aromatic heterocycles. The zero-order chi connectivity index (χ0) is 36.7. The zero-order valence-corrected chi connectivity index (χ0v) is 27.9. The standard InChI is InChI=1S/C30H29N9O10S2/c1-16-4-8-19(9-5-16)49-30-34-28(33-29(35-30)38-31-12-2-3-25(41)42)32-23-15-20(51(46,47)48)13-17-6-10-21(27(43)26(17)23)36-37-22-14-18(39-50(44)45)7-11-24(22)40/h4-11,13-15,31,39-40,43H,2-3,12H2,1H3,(H,41,42)(H,44,45)(H,46,47,48)(H2,32,33,34,35,38)/p-1. The van der Waals surface area contributed by atoms with E-state index in [1.54, 1.807) is 24.3 Å². The summed E-state index contributed by atoms with van der Waals surface area (Å²) in [5, 5.41) is 41.3. The van der Waals surface area contributed by atoms with Crippen LogP contribution in [0.4, 0.5) is 34.6 Å². The molecule has 0 aliphatic carbocycles. The van der Waals surface area contributed by atoms with Crippen LogP contribution in [0.5, 0.6) is 23.3 Å². The molecule has 8 N–H and O–H groups in total. The van der Waals surface area contributed by atoms with E-state index in [9.17, 15) is 36.7 Å². The summed E-state index contributed by atoms with van der Waals surface area (Å²) in [7, 11) is -4.76. The molecule has 0 saturated heterocycles. The molecule has 0 amide bonds. The van der Waals surface area contributed by atoms with Crippen molar-refractivity contribution >= 4 is 72.8 Å². The first-order valence-corrected chi connectivity index (χ1v) is 17.1. The summed E-state index contributed by atoms with van der Waals surface area (Å²) >= 11 is -2.65. The fraction of sp³-hybridized carbons (Fsp3) is 0.133. The Balaban J connectivity index is 1.55. The third kappa shape index (κ3) is 9.80. The second-order valence-corrected chi connectivity index (χ2v) is 12.7. The van der Waals surface area contributed by atoms with E-state index >= 15 is 0 Å². The van der Waals surface area contributed by atoms with Gasteiger partial charge in [0.15, 0.2) is 5.75 Å². The normalized spacial score (nSPS) is 12.1. The Morgan fingerprint density at radius 3 is 2.39 bits per heavy atom. The summed E-state index contributed by atoms with van der Waals surface area (Å²) in [6.45, 7) is 2.11. The Hall–Kier alpha value is -6.00. The number of carboxylic acid groups (broad SMARTS) is 1. The quantitative estimate of drug-likeness (QED) is 0.0176. The van der Waals surface area contributed by atoms with Crippen LogP contribution in [0.15, 0.2) is 81.9 Å². The molecule has 1 unspecified atom stereocenters. The summed E-state index contributed by atoms with van der Waals surface area (Å²) in [4.78, 5) is 23.1. The predicted molar refractivity (Wildman–Crippen MR) is 183 cm³/mol. The molecule has 0 aliphatic rings. The van der Waals surface area contributed by atoms with Crippen LogP contribution < -0.4 is 25.6 Å². The van der Waals surface area contributed by atoms with Gasteiger partial charge in [0.25, 0.3) is 10.1 Å². The van der Waals surface area contributed by atoms with Crippen molar-refractivity contribution in [3.05, 3.63) is 72.3 Å². The number of anilines is 4. The first-order chi connectivity index (χ1) is 24.2. The summed E-state index contributed by atoms with van der Waals surface area (Å²) in [6.07, 6.45) is 0.193. The van der Waals surface area contributed by atoms with Crippen LogP contribution in [0.25, 0.3) is 10.8 Å². The number of fused-ring (bicyclic) bond motifs is 1. The second-order valence-electron chi connectivity index (χ2n) is 10.6. The lowest BCUT2D eigenvalue weighted by atomic mass is 10.1. The van der Waals surface area contributed by atoms with Gasteiger partial charge in [-0.2, -0.15) is 23.4 Å². The molecule has 0 saturated carbocycles. The van der Waals surface area contributed by atoms with E-state index in [4.69, 9.17) is 9.84 Å². The van der Waals surface area contributed by atoms with E-state index in [2.05, 4.69) is 46.1 Å². The monoisotopic (exact) mass is 738 g/mol. The molecule has 0 spiro atoms. The third-order valence-corrected chi connectivity index (χ3v) is 8.00. The molecule has 21 heteroatoms. The van der Waals surface area contributed by atoms with E-state index in [0.717, 1.165) is 17.7 Å². The lowest BCUT2D eigenvalue weighted by Gasteiger charge is -2.15. The van der Waals surface area contributed by atoms with Gasteiger partial charge in [0, 0.05) is 35.3 Å². The van der Waals surface area contributed by atoms with Gasteiger partial charge in [-0.1, -0.05) is 23.8 Å². The molecular weight excluding hydrogens is 711 g/mol. The topological polar surface area (TPSA) is 293 Å². The molecule has 4 aromatic carbocycles. The number of nitrogens with one attached hydrogen (secondary N) is 4. The second kappa shape index (κ2) is 15.7. The van der Waals surface area contributed by atoms with Crippen molar-refractivity contribution in [1.29, 1.82) is 0 Å². The maximum Gasteiger partial charge on any atom is 0.328 e. The van der Waals surface area contributed by atoms with Gasteiger partial charge in [-0.05, 0) is 67.3 Å². The molecule has 1 heterocycles. The number of benzene rings is 4. The molecule has 1 atom stereocenters. The van der Waals surface area contributed by atoms with Gasteiger partial charge in [-0.15, -0.1) is 10.2 Å². The summed E-state index contributed by atoms with van der Waals surface area (Å²) in [5.41, 5.74) is 6.15. The Morgan fingerprint density at radius 1 is 0.961 bits per heavy atom. The highest BCUT2D eigenvalue weighted by Crippen LogP contribution is 2.42. The van der Waals surface area contributed by atoms with Gasteiger partial charge in [-0.25, -0.2) is 5.43 Å². The largest absolute Gasteiger partial charge is 0.755 e. The number of rotatable bonds is 15. The molecule has 51 heavy (non-hydrogen) atoms. The zero-order valence-electron chi connectivity index (χ0n) is 26.3. The number of aliphatic carboxylic acids is 1. The number of hydrazine groups is 1. The molecule has 266 valence electrons. The van der Waals surface area contributed by atoms with Crippen molar-refractivity contribution in [3.63, 3.8) is 0 Å². The fourth-order valence-electron chi connectivity index (χ4n) is 4.42. The number of carbonyl (C=O) groups is 1. The number of hydrogen-bond donors (Lipinski definition) is 8. The Morgan fingerprint density at radius 2 is 1.69 bits per heavy atom. The smallest absolute Gasteiger partial charge is 0.328 e. The summed E-state index contributed by atoms with van der Waals surface area (Å²) in [5.74, 6) is -1.76. The van der Waals surface area contributed by atoms with Crippen LogP contribution in [0, 0.1) is 6.92 Å². The van der Waals surface area contributed by atoms with E-state index < -0.39 is 38.0 Å². The van der Waals surface area contributed by atoms with Crippen LogP contribution in [0.1, 0.15) is 18.4 Å². The molecular formula is C30H28N9O10S2-. The van der Waals surface area contributed by atoms with Crippen LogP contribution in [0.3, 0.4) is 0 Å². The van der Waals surface area contributed by atoms with E-state index in [-0.39, 0.29) is 76.6 Å². The minimum Gasteiger partial charge on any atom is -0.755 e. The lowest BCUT2D eigenvalue weighted by Crippen LogP contribution is -2.25. The number of aryl methyl sites for hydroxylation is 1. The highest BCUT2D eigenvalue weighted by Gasteiger charge is 2.20. The minimum absolute atomic E-state index is 0.0111. The highest BCUT2D eigenvalue weighted by atomic mass is 32.2. The van der Waals surface area contributed by atoms with Crippen LogP contribution in [0.2, 0.25) is 0 Å². The van der Waals surface area contributed by atoms with Gasteiger partial charge < -0.3 is 34.6 Å². The van der Waals surface area contributed by atoms with Crippen molar-refractivity contribution in [2.75, 3.05) is 22.0 Å². The molecule has 0 aliphatic heterocycles. The maximum atomic E-state index is 12.2. The molecule has 0 bridgehead atoms. The summed E-state index contributed by atoms with van der Waals surface area (Å²) < 4.78 is 64.3. The van der Waals surface area contributed by atoms with Crippen molar-refractivity contribution in [2.24, 2.45) is 10.2 Å². The van der Waals surface area contributed by atoms with E-state index in [0.29, 0.717) is 5.75 Å². The molecule has 5 rings (SSSR count). The van der Waals surface area contributed by atoms with Crippen molar-refractivity contribution in [1.82, 2.24) is 20.4 Å². The number of aromatic nitrogens is 3. The lowest BCUT2D eigenvalue weighted by molar-refractivity contribution is -0.137. The first kappa shape index (κ1) is 36.3. The van der Waals surface area contributed by atoms with Crippen molar-refractivity contribution in [2.45, 2.75) is 24.7 Å². The van der Waals surface area contributed by atoms with Crippen LogP contribution in [-0.4, -0.2) is 64.5 Å². The number of aromatic hydroxyl groups is 2. The van der Waals surface area contributed by atoms with E-state index in [1.165, 1.54) is 30.3 Å². The molecule has 0 fully saturated rings. The number of nitrogens with zero attached hydrogens (tertiary/aromatic N) is 5. The van der Waals surface area contributed by atoms with Crippen LogP contribution >= 0.6 is 0 Å².